The molecule has 0 amide bonds. The van der Waals surface area contributed by atoms with Gasteiger partial charge in [-0.15, -0.1) is 0 Å². The predicted molar refractivity (Wildman–Crippen MR) is 101 cm³/mol. The average molecular weight is 366 g/mol. The Morgan fingerprint density at radius 3 is 2.41 bits per heavy atom. The maximum absolute atomic E-state index is 9.68. The Labute approximate surface area is 157 Å². The van der Waals surface area contributed by atoms with Gasteiger partial charge in [-0.2, -0.15) is 0 Å². The summed E-state index contributed by atoms with van der Waals surface area (Å²) in [7, 11) is 0. The molecular formula is C22H22O5. The highest BCUT2D eigenvalue weighted by molar-refractivity contribution is 5.84. The molecule has 3 aromatic rings. The Bertz CT molecular complexity index is 960. The summed E-state index contributed by atoms with van der Waals surface area (Å²) < 4.78 is 18.2. The van der Waals surface area contributed by atoms with Gasteiger partial charge >= 0.3 is 5.79 Å². The summed E-state index contributed by atoms with van der Waals surface area (Å²) >= 11 is 0. The van der Waals surface area contributed by atoms with Gasteiger partial charge in [0.05, 0.1) is 12.2 Å². The number of rotatable bonds is 6. The lowest BCUT2D eigenvalue weighted by atomic mass is 9.92. The molecule has 0 fully saturated rings. The molecule has 5 nitrogen and oxygen atoms in total. The minimum atomic E-state index is -1.18. The Morgan fingerprint density at radius 2 is 1.74 bits per heavy atom. The van der Waals surface area contributed by atoms with Gasteiger partial charge in [0.25, 0.3) is 0 Å². The SMILES string of the molecule is CCCCc1oc2ccc(CO)cc2c1C1(c2ccc(O)cc2)OC=CO1. The third-order valence-corrected chi connectivity index (χ3v) is 4.87. The maximum Gasteiger partial charge on any atom is 0.308 e. The fourth-order valence-electron chi connectivity index (χ4n) is 3.52. The number of aliphatic hydroxyl groups is 1. The van der Waals surface area contributed by atoms with Crippen molar-refractivity contribution in [3.63, 3.8) is 0 Å². The lowest BCUT2D eigenvalue weighted by molar-refractivity contribution is -0.112. The Morgan fingerprint density at radius 1 is 1.00 bits per heavy atom. The standard InChI is InChI=1S/C22H22O5/c1-2-3-4-20-21(18-13-15(14-23)5-10-19(18)27-20)22(25-11-12-26-22)16-6-8-17(24)9-7-16/h5-13,23-24H,2-4,14H2,1H3. The highest BCUT2D eigenvalue weighted by atomic mass is 16.7. The summed E-state index contributed by atoms with van der Waals surface area (Å²) in [6.07, 6.45) is 5.79. The molecule has 0 saturated heterocycles. The van der Waals surface area contributed by atoms with Crippen molar-refractivity contribution in [2.75, 3.05) is 0 Å². The molecule has 2 N–H and O–H groups in total. The van der Waals surface area contributed by atoms with Crippen LogP contribution < -0.4 is 0 Å². The molecule has 1 aromatic heterocycles. The lowest BCUT2D eigenvalue weighted by Crippen LogP contribution is -2.29. The maximum atomic E-state index is 9.68. The van der Waals surface area contributed by atoms with Crippen LogP contribution in [0.15, 0.2) is 59.4 Å². The van der Waals surface area contributed by atoms with Gasteiger partial charge in [0, 0.05) is 17.4 Å². The molecule has 1 aliphatic heterocycles. The summed E-state index contributed by atoms with van der Waals surface area (Å²) in [5, 5.41) is 20.1. The van der Waals surface area contributed by atoms with Crippen molar-refractivity contribution >= 4 is 11.0 Å². The van der Waals surface area contributed by atoms with Crippen LogP contribution in [0.25, 0.3) is 11.0 Å². The van der Waals surface area contributed by atoms with E-state index in [2.05, 4.69) is 6.92 Å². The normalized spacial score (nSPS) is 15.0. The molecule has 0 spiro atoms. The van der Waals surface area contributed by atoms with Crippen molar-refractivity contribution in [2.45, 2.75) is 38.6 Å². The van der Waals surface area contributed by atoms with Crippen LogP contribution in [0.3, 0.4) is 0 Å². The average Bonchev–Trinajstić information content (AvgIpc) is 3.31. The highest BCUT2D eigenvalue weighted by Gasteiger charge is 2.45. The monoisotopic (exact) mass is 366 g/mol. The zero-order valence-electron chi connectivity index (χ0n) is 15.1. The van der Waals surface area contributed by atoms with Crippen LogP contribution >= 0.6 is 0 Å². The van der Waals surface area contributed by atoms with Gasteiger partial charge in [-0.1, -0.05) is 19.4 Å². The smallest absolute Gasteiger partial charge is 0.308 e. The van der Waals surface area contributed by atoms with E-state index in [4.69, 9.17) is 13.9 Å². The summed E-state index contributed by atoms with van der Waals surface area (Å²) in [6, 6.07) is 12.4. The summed E-state index contributed by atoms with van der Waals surface area (Å²) in [6.45, 7) is 2.07. The number of phenolic OH excluding ortho intramolecular Hbond substituents is 1. The molecule has 0 saturated carbocycles. The number of furan rings is 1. The van der Waals surface area contributed by atoms with Crippen LogP contribution in [0.2, 0.25) is 0 Å². The number of benzene rings is 2. The molecule has 0 unspecified atom stereocenters. The first-order valence-corrected chi connectivity index (χ1v) is 9.13. The number of hydrogen-bond donors (Lipinski definition) is 2. The van der Waals surface area contributed by atoms with Crippen LogP contribution in [-0.4, -0.2) is 10.2 Å². The molecule has 1 aliphatic rings. The van der Waals surface area contributed by atoms with Crippen molar-refractivity contribution in [3.05, 3.63) is 77.4 Å². The van der Waals surface area contributed by atoms with Crippen molar-refractivity contribution in [1.29, 1.82) is 0 Å². The first kappa shape index (κ1) is 17.5. The van der Waals surface area contributed by atoms with E-state index in [0.29, 0.717) is 0 Å². The number of unbranched alkanes of at least 4 members (excludes halogenated alkanes) is 1. The van der Waals surface area contributed by atoms with Crippen LogP contribution in [0.4, 0.5) is 0 Å². The molecule has 0 aliphatic carbocycles. The van der Waals surface area contributed by atoms with E-state index in [-0.39, 0.29) is 12.4 Å². The van der Waals surface area contributed by atoms with E-state index in [1.54, 1.807) is 24.3 Å². The van der Waals surface area contributed by atoms with Crippen molar-refractivity contribution in [1.82, 2.24) is 0 Å². The van der Waals surface area contributed by atoms with Gasteiger partial charge in [-0.3, -0.25) is 0 Å². The number of hydrogen-bond acceptors (Lipinski definition) is 5. The second-order valence-corrected chi connectivity index (χ2v) is 6.66. The number of aromatic hydroxyl groups is 1. The van der Waals surface area contributed by atoms with Crippen LogP contribution in [0.1, 0.15) is 42.2 Å². The minimum Gasteiger partial charge on any atom is -0.508 e. The zero-order chi connectivity index (χ0) is 18.9. The number of aliphatic hydroxyl groups excluding tert-OH is 1. The fourth-order valence-corrected chi connectivity index (χ4v) is 3.52. The Hall–Kier alpha value is -2.92. The topological polar surface area (TPSA) is 72.1 Å². The molecular weight excluding hydrogens is 344 g/mol. The second-order valence-electron chi connectivity index (χ2n) is 6.66. The zero-order valence-corrected chi connectivity index (χ0v) is 15.1. The molecule has 2 heterocycles. The summed E-state index contributed by atoms with van der Waals surface area (Å²) in [4.78, 5) is 0. The van der Waals surface area contributed by atoms with E-state index >= 15 is 0 Å². The quantitative estimate of drug-likeness (QED) is 0.662. The van der Waals surface area contributed by atoms with Gasteiger partial charge in [-0.05, 0) is 48.4 Å². The molecule has 5 heteroatoms. The third-order valence-electron chi connectivity index (χ3n) is 4.87. The van der Waals surface area contributed by atoms with Crippen LogP contribution in [0, 0.1) is 0 Å². The second kappa shape index (κ2) is 7.00. The molecule has 27 heavy (non-hydrogen) atoms. The van der Waals surface area contributed by atoms with Gasteiger partial charge in [0.15, 0.2) is 0 Å². The molecule has 140 valence electrons. The summed E-state index contributed by atoms with van der Waals surface area (Å²) in [5.74, 6) is -0.208. The molecule has 2 aromatic carbocycles. The molecule has 0 radical (unpaired) electrons. The fraction of sp³-hybridized carbons (Fsp3) is 0.273. The number of aryl methyl sites for hydroxylation is 1. The van der Waals surface area contributed by atoms with Gasteiger partial charge in [-0.25, -0.2) is 0 Å². The van der Waals surface area contributed by atoms with E-state index in [1.807, 2.05) is 18.2 Å². The van der Waals surface area contributed by atoms with E-state index < -0.39 is 5.79 Å². The third kappa shape index (κ3) is 2.94. The Balaban J connectivity index is 1.96. The van der Waals surface area contributed by atoms with E-state index in [0.717, 1.165) is 52.7 Å². The van der Waals surface area contributed by atoms with Crippen molar-refractivity contribution in [3.8, 4) is 5.75 Å². The molecule has 4 rings (SSSR count). The largest absolute Gasteiger partial charge is 0.508 e. The van der Waals surface area contributed by atoms with Gasteiger partial charge in [0.2, 0.25) is 0 Å². The van der Waals surface area contributed by atoms with Gasteiger partial charge < -0.3 is 24.1 Å². The van der Waals surface area contributed by atoms with Crippen molar-refractivity contribution < 1.29 is 24.1 Å². The number of phenols is 1. The number of fused-ring (bicyclic) bond motifs is 1. The Kier molecular flexibility index (Phi) is 4.54. The molecule has 0 bridgehead atoms. The predicted octanol–water partition coefficient (Wildman–Crippen LogP) is 4.69. The first-order valence-electron chi connectivity index (χ1n) is 9.13. The van der Waals surface area contributed by atoms with Gasteiger partial charge in [0.1, 0.15) is 29.6 Å². The van der Waals surface area contributed by atoms with E-state index in [9.17, 15) is 10.2 Å². The number of ether oxygens (including phenoxy) is 2. The highest BCUT2D eigenvalue weighted by Crippen LogP contribution is 2.45. The van der Waals surface area contributed by atoms with E-state index in [1.165, 1.54) is 12.5 Å². The molecule has 0 atom stereocenters. The first-order chi connectivity index (χ1) is 13.2. The summed E-state index contributed by atoms with van der Waals surface area (Å²) in [5.41, 5.74) is 3.07. The minimum absolute atomic E-state index is 0.0585. The lowest BCUT2D eigenvalue weighted by Gasteiger charge is -2.28. The van der Waals surface area contributed by atoms with Crippen molar-refractivity contribution in [2.24, 2.45) is 0 Å². The van der Waals surface area contributed by atoms with Crippen LogP contribution in [-0.2, 0) is 28.3 Å². The van der Waals surface area contributed by atoms with Crippen LogP contribution in [0.5, 0.6) is 5.75 Å².